The molecule has 2 unspecified atom stereocenters. The molecule has 0 saturated heterocycles. The number of nitrogens with two attached hydrogens (primary N) is 1. The maximum atomic E-state index is 12.5. The molecule has 12 nitrogen and oxygen atoms in total. The molecule has 0 amide bonds. The highest BCUT2D eigenvalue weighted by atomic mass is 16.8. The van der Waals surface area contributed by atoms with Gasteiger partial charge in [-0.1, -0.05) is 32.8 Å². The molecular weight excluding hydrogens is 526 g/mol. The van der Waals surface area contributed by atoms with Crippen LogP contribution in [0.15, 0.2) is 18.2 Å². The van der Waals surface area contributed by atoms with E-state index in [0.29, 0.717) is 18.4 Å². The van der Waals surface area contributed by atoms with Crippen LogP contribution >= 0.6 is 0 Å². The van der Waals surface area contributed by atoms with Gasteiger partial charge in [0, 0.05) is 0 Å². The Bertz CT molecular complexity index is 966. The summed E-state index contributed by atoms with van der Waals surface area (Å²) in [6.45, 7) is 12.1. The van der Waals surface area contributed by atoms with Gasteiger partial charge in [0.15, 0.2) is 11.5 Å². The number of carbonyl (C=O) groups excluding carboxylic acids is 4. The average Bonchev–Trinajstić information content (AvgIpc) is 2.84. The molecule has 12 heteroatoms. The van der Waals surface area contributed by atoms with Gasteiger partial charge in [0.25, 0.3) is 0 Å². The summed E-state index contributed by atoms with van der Waals surface area (Å²) in [7, 11) is 0. The van der Waals surface area contributed by atoms with Crippen molar-refractivity contribution >= 4 is 24.4 Å². The summed E-state index contributed by atoms with van der Waals surface area (Å²) in [4.78, 5) is 48.6. The fourth-order valence-corrected chi connectivity index (χ4v) is 3.40. The standard InChI is InChI=1S/C28H43NO11/c1-8-10-18(5)37-27(32)39-23-13-12-21(15-24(23)40-28(33)38-19(6)11-9-2)14-22(29)25(30)36-20(7)16-34-26(31)35-17(3)4/h12-13,15,17-20,22H,8-11,14,16,29H2,1-7H3/t18?,19?,20-,22-/m0/s1. The molecule has 0 aliphatic heterocycles. The molecule has 4 atom stereocenters. The first-order chi connectivity index (χ1) is 18.8. The summed E-state index contributed by atoms with van der Waals surface area (Å²) in [5, 5.41) is 0. The van der Waals surface area contributed by atoms with Crippen molar-refractivity contribution in [3.63, 3.8) is 0 Å². The molecular formula is C28H43NO11. The SMILES string of the molecule is CCCC(C)OC(=O)Oc1ccc(C[C@H](N)C(=O)O[C@@H](C)COC(=O)OC(C)C)cc1OC(=O)OC(C)CCC. The zero-order valence-corrected chi connectivity index (χ0v) is 24.4. The minimum absolute atomic E-state index is 0.00227. The monoisotopic (exact) mass is 569 g/mol. The molecule has 1 rings (SSSR count). The van der Waals surface area contributed by atoms with Crippen molar-refractivity contribution in [3.8, 4) is 11.5 Å². The number of benzene rings is 1. The Hall–Kier alpha value is -3.54. The van der Waals surface area contributed by atoms with Crippen molar-refractivity contribution in [1.29, 1.82) is 0 Å². The maximum Gasteiger partial charge on any atom is 0.514 e. The van der Waals surface area contributed by atoms with Gasteiger partial charge in [-0.15, -0.1) is 0 Å². The van der Waals surface area contributed by atoms with E-state index in [0.717, 1.165) is 12.8 Å². The predicted molar refractivity (Wildman–Crippen MR) is 144 cm³/mol. The van der Waals surface area contributed by atoms with Crippen LogP contribution in [0.1, 0.15) is 79.7 Å². The second kappa shape index (κ2) is 17.9. The van der Waals surface area contributed by atoms with Crippen LogP contribution in [0.5, 0.6) is 11.5 Å². The Morgan fingerprint density at radius 3 is 1.80 bits per heavy atom. The van der Waals surface area contributed by atoms with Crippen molar-refractivity contribution < 1.29 is 52.3 Å². The second-order valence-electron chi connectivity index (χ2n) is 9.71. The second-order valence-corrected chi connectivity index (χ2v) is 9.71. The Kier molecular flexibility index (Phi) is 15.5. The molecule has 0 aliphatic rings. The van der Waals surface area contributed by atoms with Gasteiger partial charge in [0.05, 0.1) is 6.10 Å². The minimum atomic E-state index is -1.10. The molecule has 0 heterocycles. The van der Waals surface area contributed by atoms with Crippen LogP contribution in [0.4, 0.5) is 14.4 Å². The van der Waals surface area contributed by atoms with E-state index in [9.17, 15) is 19.2 Å². The molecule has 226 valence electrons. The van der Waals surface area contributed by atoms with E-state index >= 15 is 0 Å². The number of rotatable bonds is 15. The molecule has 1 aromatic rings. The first-order valence-corrected chi connectivity index (χ1v) is 13.5. The van der Waals surface area contributed by atoms with E-state index < -0.39 is 36.6 Å². The third kappa shape index (κ3) is 14.0. The summed E-state index contributed by atoms with van der Waals surface area (Å²) >= 11 is 0. The molecule has 0 radical (unpaired) electrons. The molecule has 40 heavy (non-hydrogen) atoms. The number of hydrogen-bond acceptors (Lipinski definition) is 12. The van der Waals surface area contributed by atoms with E-state index in [4.69, 9.17) is 38.9 Å². The average molecular weight is 570 g/mol. The molecule has 1 aromatic carbocycles. The molecule has 0 bridgehead atoms. The first-order valence-electron chi connectivity index (χ1n) is 13.5. The fourth-order valence-electron chi connectivity index (χ4n) is 3.40. The summed E-state index contributed by atoms with van der Waals surface area (Å²) in [5.74, 6) is -0.928. The van der Waals surface area contributed by atoms with Gasteiger partial charge in [0.1, 0.15) is 31.0 Å². The molecule has 0 aromatic heterocycles. The Morgan fingerprint density at radius 1 is 0.725 bits per heavy atom. The van der Waals surface area contributed by atoms with Gasteiger partial charge in [0.2, 0.25) is 0 Å². The molecule has 2 N–H and O–H groups in total. The van der Waals surface area contributed by atoms with Crippen molar-refractivity contribution in [2.75, 3.05) is 6.61 Å². The highest BCUT2D eigenvalue weighted by molar-refractivity contribution is 5.76. The lowest BCUT2D eigenvalue weighted by Gasteiger charge is -2.18. The van der Waals surface area contributed by atoms with E-state index in [1.807, 2.05) is 13.8 Å². The summed E-state index contributed by atoms with van der Waals surface area (Å²) in [6, 6.07) is 3.26. The highest BCUT2D eigenvalue weighted by Gasteiger charge is 2.23. The van der Waals surface area contributed by atoms with Gasteiger partial charge in [-0.3, -0.25) is 4.79 Å². The van der Waals surface area contributed by atoms with E-state index in [1.54, 1.807) is 33.8 Å². The van der Waals surface area contributed by atoms with E-state index in [2.05, 4.69) is 0 Å². The third-order valence-electron chi connectivity index (χ3n) is 5.22. The molecule has 0 fully saturated rings. The molecule has 0 spiro atoms. The van der Waals surface area contributed by atoms with Crippen LogP contribution in [-0.2, 0) is 34.9 Å². The molecule has 0 saturated carbocycles. The Balaban J connectivity index is 2.92. The number of esters is 1. The Morgan fingerprint density at radius 2 is 1.27 bits per heavy atom. The van der Waals surface area contributed by atoms with Crippen molar-refractivity contribution in [3.05, 3.63) is 23.8 Å². The van der Waals surface area contributed by atoms with Gasteiger partial charge >= 0.3 is 24.4 Å². The van der Waals surface area contributed by atoms with Crippen LogP contribution in [-0.4, -0.2) is 61.5 Å². The summed E-state index contributed by atoms with van der Waals surface area (Å²) < 4.78 is 36.1. The predicted octanol–water partition coefficient (Wildman–Crippen LogP) is 5.46. The van der Waals surface area contributed by atoms with Gasteiger partial charge in [-0.25, -0.2) is 14.4 Å². The van der Waals surface area contributed by atoms with Gasteiger partial charge in [-0.05, 0) is 71.6 Å². The van der Waals surface area contributed by atoms with Crippen molar-refractivity contribution in [2.24, 2.45) is 5.73 Å². The van der Waals surface area contributed by atoms with Crippen LogP contribution < -0.4 is 15.2 Å². The van der Waals surface area contributed by atoms with Crippen molar-refractivity contribution in [1.82, 2.24) is 0 Å². The largest absolute Gasteiger partial charge is 0.514 e. The lowest BCUT2D eigenvalue weighted by molar-refractivity contribution is -0.152. The quantitative estimate of drug-likeness (QED) is 0.162. The summed E-state index contributed by atoms with van der Waals surface area (Å²) in [6.07, 6.45) is -1.76. The van der Waals surface area contributed by atoms with E-state index in [-0.39, 0.29) is 42.8 Å². The zero-order valence-electron chi connectivity index (χ0n) is 24.4. The van der Waals surface area contributed by atoms with E-state index in [1.165, 1.54) is 19.1 Å². The molecule has 0 aliphatic carbocycles. The summed E-state index contributed by atoms with van der Waals surface area (Å²) in [5.41, 5.74) is 6.51. The maximum absolute atomic E-state index is 12.5. The van der Waals surface area contributed by atoms with Gasteiger partial charge in [-0.2, -0.15) is 0 Å². The first kappa shape index (κ1) is 34.5. The normalized spacial score (nSPS) is 13.8. The van der Waals surface area contributed by atoms with Crippen LogP contribution in [0.2, 0.25) is 0 Å². The smallest absolute Gasteiger partial charge is 0.458 e. The minimum Gasteiger partial charge on any atom is -0.458 e. The number of ether oxygens (including phenoxy) is 7. The van der Waals surface area contributed by atoms with Gasteiger partial charge < -0.3 is 38.9 Å². The van der Waals surface area contributed by atoms with Crippen LogP contribution in [0.25, 0.3) is 0 Å². The highest BCUT2D eigenvalue weighted by Crippen LogP contribution is 2.30. The fraction of sp³-hybridized carbons (Fsp3) is 0.643. The number of hydrogen-bond donors (Lipinski definition) is 1. The van der Waals surface area contributed by atoms with Crippen LogP contribution in [0, 0.1) is 0 Å². The Labute approximate surface area is 235 Å². The van der Waals surface area contributed by atoms with Crippen LogP contribution in [0.3, 0.4) is 0 Å². The number of carbonyl (C=O) groups is 4. The van der Waals surface area contributed by atoms with Crippen molar-refractivity contribution in [2.45, 2.75) is 111 Å². The topological polar surface area (TPSA) is 159 Å². The lowest BCUT2D eigenvalue weighted by atomic mass is 10.1. The zero-order chi connectivity index (χ0) is 30.2. The third-order valence-corrected chi connectivity index (χ3v) is 5.22. The lowest BCUT2D eigenvalue weighted by Crippen LogP contribution is -2.37.